The standard InChI is InChI=1S/C14H15FN2O2S/c1-9-3-5-12(16)8-14(9)20(18,19)17-13-6-4-11(15)7-10(13)2/h3-8,17H,16H2,1-2H3. The topological polar surface area (TPSA) is 72.2 Å². The number of nitrogen functional groups attached to an aromatic ring is 1. The van der Waals surface area contributed by atoms with Gasteiger partial charge in [0.2, 0.25) is 0 Å². The number of benzene rings is 2. The van der Waals surface area contributed by atoms with Crippen molar-refractivity contribution in [2.24, 2.45) is 0 Å². The Balaban J connectivity index is 2.43. The van der Waals surface area contributed by atoms with Crippen molar-refractivity contribution in [3.8, 4) is 0 Å². The number of halogens is 1. The Hall–Kier alpha value is -2.08. The summed E-state index contributed by atoms with van der Waals surface area (Å²) in [7, 11) is -3.75. The molecule has 6 heteroatoms. The van der Waals surface area contributed by atoms with Crippen molar-refractivity contribution in [2.45, 2.75) is 18.7 Å². The Bertz CT molecular complexity index is 758. The molecule has 0 aliphatic rings. The van der Waals surface area contributed by atoms with E-state index in [0.717, 1.165) is 0 Å². The van der Waals surface area contributed by atoms with Gasteiger partial charge in [0, 0.05) is 5.69 Å². The molecular formula is C14H15FN2O2S. The lowest BCUT2D eigenvalue weighted by molar-refractivity contribution is 0.600. The Morgan fingerprint density at radius 2 is 1.75 bits per heavy atom. The van der Waals surface area contributed by atoms with E-state index < -0.39 is 15.8 Å². The fourth-order valence-corrected chi connectivity index (χ4v) is 3.26. The maximum absolute atomic E-state index is 13.0. The van der Waals surface area contributed by atoms with E-state index in [0.29, 0.717) is 22.5 Å². The van der Waals surface area contributed by atoms with Gasteiger partial charge in [-0.3, -0.25) is 4.72 Å². The molecule has 0 saturated carbocycles. The van der Waals surface area contributed by atoms with Crippen LogP contribution < -0.4 is 10.5 Å². The summed E-state index contributed by atoms with van der Waals surface area (Å²) in [5.74, 6) is -0.411. The molecule has 2 rings (SSSR count). The molecule has 3 N–H and O–H groups in total. The fraction of sp³-hybridized carbons (Fsp3) is 0.143. The predicted octanol–water partition coefficient (Wildman–Crippen LogP) is 2.83. The second-order valence-corrected chi connectivity index (χ2v) is 6.24. The number of sulfonamides is 1. The molecule has 0 saturated heterocycles. The van der Waals surface area contributed by atoms with Crippen LogP contribution in [0.15, 0.2) is 41.3 Å². The lowest BCUT2D eigenvalue weighted by Gasteiger charge is -2.12. The van der Waals surface area contributed by atoms with Gasteiger partial charge >= 0.3 is 0 Å². The lowest BCUT2D eigenvalue weighted by Crippen LogP contribution is -2.15. The van der Waals surface area contributed by atoms with Gasteiger partial charge in [0.15, 0.2) is 0 Å². The number of nitrogens with two attached hydrogens (primary N) is 1. The van der Waals surface area contributed by atoms with Crippen molar-refractivity contribution >= 4 is 21.4 Å². The Morgan fingerprint density at radius 3 is 2.40 bits per heavy atom. The SMILES string of the molecule is Cc1cc(F)ccc1NS(=O)(=O)c1cc(N)ccc1C. The molecule has 0 unspecified atom stereocenters. The molecule has 0 atom stereocenters. The van der Waals surface area contributed by atoms with E-state index in [1.54, 1.807) is 26.0 Å². The van der Waals surface area contributed by atoms with Crippen LogP contribution in [0.4, 0.5) is 15.8 Å². The van der Waals surface area contributed by atoms with Crippen LogP contribution in [-0.4, -0.2) is 8.42 Å². The normalized spacial score (nSPS) is 11.3. The highest BCUT2D eigenvalue weighted by Gasteiger charge is 2.18. The van der Waals surface area contributed by atoms with Crippen molar-refractivity contribution in [1.29, 1.82) is 0 Å². The van der Waals surface area contributed by atoms with E-state index in [4.69, 9.17) is 5.73 Å². The summed E-state index contributed by atoms with van der Waals surface area (Å²) in [6.07, 6.45) is 0. The van der Waals surface area contributed by atoms with Crippen molar-refractivity contribution in [1.82, 2.24) is 0 Å². The minimum absolute atomic E-state index is 0.112. The Kier molecular flexibility index (Phi) is 3.67. The molecule has 2 aromatic carbocycles. The third-order valence-electron chi connectivity index (χ3n) is 2.93. The maximum Gasteiger partial charge on any atom is 0.262 e. The number of hydrogen-bond donors (Lipinski definition) is 2. The van der Waals surface area contributed by atoms with Gasteiger partial charge in [0.25, 0.3) is 10.0 Å². The third-order valence-corrected chi connectivity index (χ3v) is 4.44. The van der Waals surface area contributed by atoms with E-state index in [-0.39, 0.29) is 4.90 Å². The molecule has 0 amide bonds. The predicted molar refractivity (Wildman–Crippen MR) is 77.5 cm³/mol. The highest BCUT2D eigenvalue weighted by Crippen LogP contribution is 2.23. The third kappa shape index (κ3) is 2.91. The summed E-state index contributed by atoms with van der Waals surface area (Å²) in [4.78, 5) is 0.112. The fourth-order valence-electron chi connectivity index (χ4n) is 1.85. The summed E-state index contributed by atoms with van der Waals surface area (Å²) < 4.78 is 40.2. The maximum atomic E-state index is 13.0. The second kappa shape index (κ2) is 5.13. The van der Waals surface area contributed by atoms with Crippen LogP contribution in [0.3, 0.4) is 0 Å². The molecule has 4 nitrogen and oxygen atoms in total. The number of hydrogen-bond acceptors (Lipinski definition) is 3. The van der Waals surface area contributed by atoms with Gasteiger partial charge in [-0.25, -0.2) is 12.8 Å². The number of rotatable bonds is 3. The van der Waals surface area contributed by atoms with E-state index in [2.05, 4.69) is 4.72 Å². The van der Waals surface area contributed by atoms with Crippen molar-refractivity contribution in [3.63, 3.8) is 0 Å². The van der Waals surface area contributed by atoms with Crippen molar-refractivity contribution in [2.75, 3.05) is 10.5 Å². The van der Waals surface area contributed by atoms with Crippen LogP contribution in [0.5, 0.6) is 0 Å². The molecule has 106 valence electrons. The van der Waals surface area contributed by atoms with E-state index in [1.807, 2.05) is 0 Å². The van der Waals surface area contributed by atoms with Crippen LogP contribution >= 0.6 is 0 Å². The van der Waals surface area contributed by atoms with Crippen molar-refractivity contribution in [3.05, 3.63) is 53.3 Å². The molecule has 0 fully saturated rings. The largest absolute Gasteiger partial charge is 0.399 e. The summed E-state index contributed by atoms with van der Waals surface area (Å²) in [5, 5.41) is 0. The molecule has 0 aliphatic heterocycles. The monoisotopic (exact) mass is 294 g/mol. The van der Waals surface area contributed by atoms with Crippen LogP contribution in [0.25, 0.3) is 0 Å². The molecular weight excluding hydrogens is 279 g/mol. The Labute approximate surface area is 117 Å². The lowest BCUT2D eigenvalue weighted by atomic mass is 10.2. The van der Waals surface area contributed by atoms with Crippen LogP contribution in [0.1, 0.15) is 11.1 Å². The second-order valence-electron chi connectivity index (χ2n) is 4.59. The molecule has 20 heavy (non-hydrogen) atoms. The molecule has 0 heterocycles. The molecule has 0 radical (unpaired) electrons. The first kappa shape index (κ1) is 14.3. The van der Waals surface area contributed by atoms with Gasteiger partial charge < -0.3 is 5.73 Å². The zero-order valence-corrected chi connectivity index (χ0v) is 12.0. The molecule has 0 spiro atoms. The quantitative estimate of drug-likeness (QED) is 0.855. The summed E-state index contributed by atoms with van der Waals surface area (Å²) >= 11 is 0. The van der Waals surface area contributed by atoms with Gasteiger partial charge in [-0.15, -0.1) is 0 Å². The number of anilines is 2. The smallest absolute Gasteiger partial charge is 0.262 e. The first-order chi connectivity index (χ1) is 9.29. The highest BCUT2D eigenvalue weighted by molar-refractivity contribution is 7.92. The number of aryl methyl sites for hydroxylation is 2. The highest BCUT2D eigenvalue weighted by atomic mass is 32.2. The van der Waals surface area contributed by atoms with Crippen LogP contribution in [0, 0.1) is 19.7 Å². The molecule has 0 aliphatic carbocycles. The van der Waals surface area contributed by atoms with Gasteiger partial charge in [0.05, 0.1) is 10.6 Å². The van der Waals surface area contributed by atoms with E-state index in [1.165, 1.54) is 24.3 Å². The summed E-state index contributed by atoms with van der Waals surface area (Å²) in [6, 6.07) is 8.54. The van der Waals surface area contributed by atoms with Gasteiger partial charge in [-0.05, 0) is 55.3 Å². The van der Waals surface area contributed by atoms with Crippen LogP contribution in [-0.2, 0) is 10.0 Å². The van der Waals surface area contributed by atoms with Gasteiger partial charge in [-0.2, -0.15) is 0 Å². The van der Waals surface area contributed by atoms with Crippen LogP contribution in [0.2, 0.25) is 0 Å². The van der Waals surface area contributed by atoms with Gasteiger partial charge in [-0.1, -0.05) is 6.07 Å². The first-order valence-electron chi connectivity index (χ1n) is 5.95. The molecule has 0 aromatic heterocycles. The summed E-state index contributed by atoms with van der Waals surface area (Å²) in [6.45, 7) is 3.32. The Morgan fingerprint density at radius 1 is 1.05 bits per heavy atom. The van der Waals surface area contributed by atoms with Crippen molar-refractivity contribution < 1.29 is 12.8 Å². The molecule has 2 aromatic rings. The zero-order chi connectivity index (χ0) is 14.9. The number of nitrogens with one attached hydrogen (secondary N) is 1. The van der Waals surface area contributed by atoms with E-state index in [9.17, 15) is 12.8 Å². The zero-order valence-electron chi connectivity index (χ0n) is 11.1. The minimum atomic E-state index is -3.75. The van der Waals surface area contributed by atoms with E-state index >= 15 is 0 Å². The average Bonchev–Trinajstić information content (AvgIpc) is 2.35. The average molecular weight is 294 g/mol. The first-order valence-corrected chi connectivity index (χ1v) is 7.43. The van der Waals surface area contributed by atoms with Gasteiger partial charge in [0.1, 0.15) is 5.82 Å². The summed E-state index contributed by atoms with van der Waals surface area (Å²) in [5.41, 5.74) is 7.43. The molecule has 0 bridgehead atoms. The minimum Gasteiger partial charge on any atom is -0.399 e.